The van der Waals surface area contributed by atoms with Crippen molar-refractivity contribution in [1.29, 1.82) is 0 Å². The van der Waals surface area contributed by atoms with Crippen molar-refractivity contribution in [3.63, 3.8) is 0 Å². The first-order valence-electron chi connectivity index (χ1n) is 8.91. The Morgan fingerprint density at radius 1 is 1.03 bits per heavy atom. The molecule has 2 heterocycles. The molecule has 3 aromatic rings. The molecule has 9 heteroatoms. The number of anilines is 1. The molecule has 0 aliphatic heterocycles. The fourth-order valence-electron chi connectivity index (χ4n) is 2.45. The van der Waals surface area contributed by atoms with Gasteiger partial charge in [0.05, 0.1) is 5.69 Å². The normalized spacial score (nSPS) is 10.4. The number of thiophene rings is 1. The number of rotatable bonds is 8. The molecule has 3 amide bonds. The lowest BCUT2D eigenvalue weighted by molar-refractivity contribution is -0.119. The van der Waals surface area contributed by atoms with Gasteiger partial charge in [0.2, 0.25) is 11.8 Å². The third-order valence-electron chi connectivity index (χ3n) is 3.96. The van der Waals surface area contributed by atoms with Crippen LogP contribution in [0.3, 0.4) is 0 Å². The maximum Gasteiger partial charge on any atom is 0.252 e. The van der Waals surface area contributed by atoms with E-state index in [2.05, 4.69) is 20.9 Å². The summed E-state index contributed by atoms with van der Waals surface area (Å²) in [4.78, 5) is 39.3. The summed E-state index contributed by atoms with van der Waals surface area (Å²) in [6.07, 6.45) is 0.169. The first-order chi connectivity index (χ1) is 14.0. The predicted octanol–water partition coefficient (Wildman–Crippen LogP) is 3.27. The van der Waals surface area contributed by atoms with Gasteiger partial charge in [-0.15, -0.1) is 11.3 Å². The standard InChI is InChI=1S/C20H20N4O3S2/c1-13(25)22-10-14-2-4-15(5-3-14)17-12-29-20(23-17)24-18(26)6-8-21-19(27)16-7-9-28-11-16/h2-5,7,9,11-12H,6,8,10H2,1H3,(H,21,27)(H,22,25)(H,23,24,26). The van der Waals surface area contributed by atoms with E-state index in [1.54, 1.807) is 11.4 Å². The Morgan fingerprint density at radius 2 is 1.83 bits per heavy atom. The van der Waals surface area contributed by atoms with Crippen LogP contribution < -0.4 is 16.0 Å². The van der Waals surface area contributed by atoms with Gasteiger partial charge in [-0.2, -0.15) is 11.3 Å². The highest BCUT2D eigenvalue weighted by atomic mass is 32.1. The molecule has 0 unspecified atom stereocenters. The van der Waals surface area contributed by atoms with Crippen molar-refractivity contribution in [2.24, 2.45) is 0 Å². The van der Waals surface area contributed by atoms with E-state index >= 15 is 0 Å². The van der Waals surface area contributed by atoms with Crippen LogP contribution in [0.1, 0.15) is 29.3 Å². The van der Waals surface area contributed by atoms with Gasteiger partial charge in [0.25, 0.3) is 5.91 Å². The zero-order chi connectivity index (χ0) is 20.6. The maximum atomic E-state index is 12.1. The number of thiazole rings is 1. The molecule has 7 nitrogen and oxygen atoms in total. The topological polar surface area (TPSA) is 100 Å². The maximum absolute atomic E-state index is 12.1. The second-order valence-electron chi connectivity index (χ2n) is 6.21. The molecule has 0 saturated heterocycles. The Morgan fingerprint density at radius 3 is 2.52 bits per heavy atom. The summed E-state index contributed by atoms with van der Waals surface area (Å²) in [6.45, 7) is 2.22. The molecule has 2 aromatic heterocycles. The van der Waals surface area contributed by atoms with Crippen LogP contribution in [0.4, 0.5) is 5.13 Å². The van der Waals surface area contributed by atoms with Crippen molar-refractivity contribution in [2.75, 3.05) is 11.9 Å². The fraction of sp³-hybridized carbons (Fsp3) is 0.200. The van der Waals surface area contributed by atoms with Gasteiger partial charge in [-0.3, -0.25) is 14.4 Å². The van der Waals surface area contributed by atoms with Crippen LogP contribution in [0.25, 0.3) is 11.3 Å². The highest BCUT2D eigenvalue weighted by molar-refractivity contribution is 7.14. The highest BCUT2D eigenvalue weighted by Gasteiger charge is 2.10. The van der Waals surface area contributed by atoms with Gasteiger partial charge in [0.1, 0.15) is 0 Å². The molecule has 0 bridgehead atoms. The minimum absolute atomic E-state index is 0.0695. The van der Waals surface area contributed by atoms with Crippen molar-refractivity contribution in [2.45, 2.75) is 19.9 Å². The molecule has 29 heavy (non-hydrogen) atoms. The lowest BCUT2D eigenvalue weighted by atomic mass is 10.1. The Bertz CT molecular complexity index is 982. The summed E-state index contributed by atoms with van der Waals surface area (Å²) < 4.78 is 0. The molecule has 1 aromatic carbocycles. The Labute approximate surface area is 176 Å². The number of carbonyl (C=O) groups excluding carboxylic acids is 3. The number of nitrogens with zero attached hydrogens (tertiary/aromatic N) is 1. The van der Waals surface area contributed by atoms with E-state index in [-0.39, 0.29) is 30.7 Å². The molecule has 0 aliphatic rings. The van der Waals surface area contributed by atoms with Gasteiger partial charge in [-0.1, -0.05) is 24.3 Å². The average molecular weight is 429 g/mol. The van der Waals surface area contributed by atoms with E-state index in [1.807, 2.05) is 35.0 Å². The van der Waals surface area contributed by atoms with Crippen molar-refractivity contribution in [3.8, 4) is 11.3 Å². The highest BCUT2D eigenvalue weighted by Crippen LogP contribution is 2.25. The van der Waals surface area contributed by atoms with E-state index in [9.17, 15) is 14.4 Å². The molecule has 150 valence electrons. The lowest BCUT2D eigenvalue weighted by Gasteiger charge is -2.04. The van der Waals surface area contributed by atoms with Crippen molar-refractivity contribution >= 4 is 45.5 Å². The van der Waals surface area contributed by atoms with Crippen molar-refractivity contribution in [1.82, 2.24) is 15.6 Å². The average Bonchev–Trinajstić information content (AvgIpc) is 3.39. The number of nitrogens with one attached hydrogen (secondary N) is 3. The zero-order valence-corrected chi connectivity index (χ0v) is 17.4. The number of hydrogen-bond acceptors (Lipinski definition) is 6. The van der Waals surface area contributed by atoms with Gasteiger partial charge in [0.15, 0.2) is 5.13 Å². The summed E-state index contributed by atoms with van der Waals surface area (Å²) in [5, 5.41) is 14.2. The van der Waals surface area contributed by atoms with Crippen LogP contribution in [-0.2, 0) is 16.1 Å². The fourth-order valence-corrected chi connectivity index (χ4v) is 3.82. The number of carbonyl (C=O) groups is 3. The Balaban J connectivity index is 1.47. The SMILES string of the molecule is CC(=O)NCc1ccc(-c2csc(NC(=O)CCNC(=O)c3ccsc3)n2)cc1. The number of hydrogen-bond donors (Lipinski definition) is 3. The third kappa shape index (κ3) is 6.23. The number of amides is 3. The van der Waals surface area contributed by atoms with E-state index in [0.29, 0.717) is 17.2 Å². The number of benzene rings is 1. The van der Waals surface area contributed by atoms with Crippen LogP contribution in [0.2, 0.25) is 0 Å². The summed E-state index contributed by atoms with van der Waals surface area (Å²) in [5.74, 6) is -0.459. The third-order valence-corrected chi connectivity index (χ3v) is 5.40. The van der Waals surface area contributed by atoms with Gasteiger partial charge in [-0.05, 0) is 17.0 Å². The minimum Gasteiger partial charge on any atom is -0.352 e. The molecule has 0 atom stereocenters. The van der Waals surface area contributed by atoms with Crippen LogP contribution >= 0.6 is 22.7 Å². The van der Waals surface area contributed by atoms with Crippen LogP contribution in [0.5, 0.6) is 0 Å². The van der Waals surface area contributed by atoms with Gasteiger partial charge in [-0.25, -0.2) is 4.98 Å². The van der Waals surface area contributed by atoms with Crippen LogP contribution in [0, 0.1) is 0 Å². The van der Waals surface area contributed by atoms with E-state index in [4.69, 9.17) is 0 Å². The molecule has 3 rings (SSSR count). The predicted molar refractivity (Wildman–Crippen MR) is 115 cm³/mol. The zero-order valence-electron chi connectivity index (χ0n) is 15.7. The smallest absolute Gasteiger partial charge is 0.252 e. The molecular formula is C20H20N4O3S2. The molecular weight excluding hydrogens is 408 g/mol. The van der Waals surface area contributed by atoms with Crippen molar-refractivity contribution < 1.29 is 14.4 Å². The van der Waals surface area contributed by atoms with Crippen LogP contribution in [-0.4, -0.2) is 29.3 Å². The number of aromatic nitrogens is 1. The van der Waals surface area contributed by atoms with Gasteiger partial charge in [0, 0.05) is 48.3 Å². The Kier molecular flexibility index (Phi) is 7.09. The first-order valence-corrected chi connectivity index (χ1v) is 10.7. The second-order valence-corrected chi connectivity index (χ2v) is 7.85. The van der Waals surface area contributed by atoms with Gasteiger partial charge < -0.3 is 16.0 Å². The van der Waals surface area contributed by atoms with Crippen molar-refractivity contribution in [3.05, 3.63) is 57.6 Å². The summed E-state index contributed by atoms with van der Waals surface area (Å²) in [6, 6.07) is 9.46. The molecule has 0 saturated carbocycles. The van der Waals surface area contributed by atoms with E-state index in [0.717, 1.165) is 16.8 Å². The Hall–Kier alpha value is -3.04. The molecule has 0 spiro atoms. The second kappa shape index (κ2) is 9.94. The van der Waals surface area contributed by atoms with Gasteiger partial charge >= 0.3 is 0 Å². The molecule has 0 radical (unpaired) electrons. The lowest BCUT2D eigenvalue weighted by Crippen LogP contribution is -2.27. The van der Waals surface area contributed by atoms with E-state index in [1.165, 1.54) is 29.6 Å². The minimum atomic E-state index is -0.206. The molecule has 0 fully saturated rings. The first kappa shape index (κ1) is 20.7. The van der Waals surface area contributed by atoms with E-state index < -0.39 is 0 Å². The summed E-state index contributed by atoms with van der Waals surface area (Å²) in [5.41, 5.74) is 3.29. The quantitative estimate of drug-likeness (QED) is 0.513. The molecule has 0 aliphatic carbocycles. The monoisotopic (exact) mass is 428 g/mol. The van der Waals surface area contributed by atoms with Crippen LogP contribution in [0.15, 0.2) is 46.5 Å². The summed E-state index contributed by atoms with van der Waals surface area (Å²) >= 11 is 2.79. The summed E-state index contributed by atoms with van der Waals surface area (Å²) in [7, 11) is 0. The molecule has 3 N–H and O–H groups in total. The largest absolute Gasteiger partial charge is 0.352 e.